The predicted octanol–water partition coefficient (Wildman–Crippen LogP) is 1.87. The quantitative estimate of drug-likeness (QED) is 0.870. The Kier molecular flexibility index (Phi) is 3.59. The number of nitrogens with zero attached hydrogens (tertiary/aromatic N) is 2. The first-order chi connectivity index (χ1) is 8.13. The van der Waals surface area contributed by atoms with Crippen molar-refractivity contribution in [2.75, 3.05) is 0 Å². The van der Waals surface area contributed by atoms with Crippen LogP contribution < -0.4 is 0 Å². The van der Waals surface area contributed by atoms with Crippen LogP contribution in [0.2, 0.25) is 0 Å². The molecular formula is C14H18N2O. The minimum absolute atomic E-state index is 0.345. The number of aromatic nitrogens is 2. The van der Waals surface area contributed by atoms with E-state index in [1.54, 1.807) is 10.9 Å². The summed E-state index contributed by atoms with van der Waals surface area (Å²) in [7, 11) is 1.88. The van der Waals surface area contributed by atoms with E-state index in [1.165, 1.54) is 11.1 Å². The normalized spacial score (nSPS) is 12.6. The van der Waals surface area contributed by atoms with Gasteiger partial charge in [0.05, 0.1) is 12.3 Å². The number of hydrogen-bond donors (Lipinski definition) is 1. The van der Waals surface area contributed by atoms with Crippen LogP contribution in [0.3, 0.4) is 0 Å². The maximum Gasteiger partial charge on any atom is 0.0622 e. The molecule has 1 aromatic heterocycles. The minimum Gasteiger partial charge on any atom is -0.392 e. The molecule has 17 heavy (non-hydrogen) atoms. The maximum absolute atomic E-state index is 10.00. The van der Waals surface area contributed by atoms with Crippen molar-refractivity contribution in [2.45, 2.75) is 25.9 Å². The van der Waals surface area contributed by atoms with E-state index in [2.05, 4.69) is 36.3 Å². The highest BCUT2D eigenvalue weighted by atomic mass is 16.3. The van der Waals surface area contributed by atoms with E-state index in [4.69, 9.17) is 0 Å². The van der Waals surface area contributed by atoms with Crippen LogP contribution in [0.25, 0.3) is 0 Å². The SMILES string of the molecule is Cc1ccc(CC(O)Cc2cnn(C)c2)cc1. The van der Waals surface area contributed by atoms with Gasteiger partial charge in [-0.25, -0.2) is 0 Å². The number of aliphatic hydroxyl groups is 1. The monoisotopic (exact) mass is 230 g/mol. The molecule has 0 saturated heterocycles. The van der Waals surface area contributed by atoms with Crippen LogP contribution in [-0.2, 0) is 19.9 Å². The van der Waals surface area contributed by atoms with Crippen LogP contribution in [0.4, 0.5) is 0 Å². The first-order valence-corrected chi connectivity index (χ1v) is 5.84. The summed E-state index contributed by atoms with van der Waals surface area (Å²) in [5.74, 6) is 0. The summed E-state index contributed by atoms with van der Waals surface area (Å²) in [6.45, 7) is 2.07. The fourth-order valence-electron chi connectivity index (χ4n) is 1.92. The van der Waals surface area contributed by atoms with Crippen molar-refractivity contribution in [3.8, 4) is 0 Å². The van der Waals surface area contributed by atoms with E-state index in [-0.39, 0.29) is 6.10 Å². The van der Waals surface area contributed by atoms with E-state index >= 15 is 0 Å². The molecule has 1 atom stereocenters. The van der Waals surface area contributed by atoms with Crippen LogP contribution in [0.5, 0.6) is 0 Å². The molecular weight excluding hydrogens is 212 g/mol. The van der Waals surface area contributed by atoms with Gasteiger partial charge >= 0.3 is 0 Å². The lowest BCUT2D eigenvalue weighted by Gasteiger charge is -2.09. The molecule has 2 rings (SSSR count). The molecule has 0 aliphatic rings. The third-order valence-corrected chi connectivity index (χ3v) is 2.82. The highest BCUT2D eigenvalue weighted by Crippen LogP contribution is 2.09. The molecule has 0 radical (unpaired) electrons. The Labute approximate surface area is 102 Å². The summed E-state index contributed by atoms with van der Waals surface area (Å²) in [4.78, 5) is 0. The lowest BCUT2D eigenvalue weighted by molar-refractivity contribution is 0.175. The van der Waals surface area contributed by atoms with E-state index < -0.39 is 0 Å². The van der Waals surface area contributed by atoms with Crippen molar-refractivity contribution < 1.29 is 5.11 Å². The third-order valence-electron chi connectivity index (χ3n) is 2.82. The van der Waals surface area contributed by atoms with Crippen LogP contribution in [0.15, 0.2) is 36.7 Å². The van der Waals surface area contributed by atoms with Gasteiger partial charge in [-0.15, -0.1) is 0 Å². The Hall–Kier alpha value is -1.61. The van der Waals surface area contributed by atoms with Gasteiger partial charge < -0.3 is 5.11 Å². The van der Waals surface area contributed by atoms with E-state index in [1.807, 2.05) is 13.2 Å². The van der Waals surface area contributed by atoms with E-state index in [9.17, 15) is 5.11 Å². The molecule has 2 aromatic rings. The molecule has 90 valence electrons. The number of aryl methyl sites for hydroxylation is 2. The zero-order chi connectivity index (χ0) is 12.3. The molecule has 0 aliphatic heterocycles. The van der Waals surface area contributed by atoms with Gasteiger partial charge in [-0.1, -0.05) is 29.8 Å². The molecule has 0 aliphatic carbocycles. The largest absolute Gasteiger partial charge is 0.392 e. The minimum atomic E-state index is -0.345. The van der Waals surface area contributed by atoms with E-state index in [0.29, 0.717) is 12.8 Å². The average molecular weight is 230 g/mol. The zero-order valence-corrected chi connectivity index (χ0v) is 10.3. The summed E-state index contributed by atoms with van der Waals surface area (Å²) < 4.78 is 1.76. The summed E-state index contributed by atoms with van der Waals surface area (Å²) in [5, 5.41) is 14.1. The average Bonchev–Trinajstić information content (AvgIpc) is 2.67. The molecule has 3 nitrogen and oxygen atoms in total. The first-order valence-electron chi connectivity index (χ1n) is 5.84. The molecule has 1 unspecified atom stereocenters. The van der Waals surface area contributed by atoms with Gasteiger partial charge in [0.25, 0.3) is 0 Å². The van der Waals surface area contributed by atoms with Gasteiger partial charge in [0.2, 0.25) is 0 Å². The fourth-order valence-corrected chi connectivity index (χ4v) is 1.92. The molecule has 0 spiro atoms. The summed E-state index contributed by atoms with van der Waals surface area (Å²) in [5.41, 5.74) is 3.50. The number of benzene rings is 1. The second kappa shape index (κ2) is 5.15. The second-order valence-corrected chi connectivity index (χ2v) is 4.57. The van der Waals surface area contributed by atoms with Crippen LogP contribution in [0, 0.1) is 6.92 Å². The maximum atomic E-state index is 10.00. The van der Waals surface area contributed by atoms with Crippen LogP contribution in [-0.4, -0.2) is 21.0 Å². The highest BCUT2D eigenvalue weighted by Gasteiger charge is 2.08. The highest BCUT2D eigenvalue weighted by molar-refractivity contribution is 5.22. The molecule has 0 fully saturated rings. The topological polar surface area (TPSA) is 38.1 Å². The first kappa shape index (κ1) is 11.9. The van der Waals surface area contributed by atoms with Gasteiger partial charge in [0.1, 0.15) is 0 Å². The van der Waals surface area contributed by atoms with Crippen molar-refractivity contribution >= 4 is 0 Å². The second-order valence-electron chi connectivity index (χ2n) is 4.57. The van der Waals surface area contributed by atoms with Gasteiger partial charge in [-0.3, -0.25) is 4.68 Å². The van der Waals surface area contributed by atoms with Gasteiger partial charge in [0, 0.05) is 19.7 Å². The Balaban J connectivity index is 1.93. The smallest absolute Gasteiger partial charge is 0.0622 e. The summed E-state index contributed by atoms with van der Waals surface area (Å²) in [6.07, 6.45) is 4.75. The zero-order valence-electron chi connectivity index (χ0n) is 10.3. The van der Waals surface area contributed by atoms with E-state index in [0.717, 1.165) is 5.56 Å². The lowest BCUT2D eigenvalue weighted by Crippen LogP contribution is -2.13. The van der Waals surface area contributed by atoms with Crippen molar-refractivity contribution in [2.24, 2.45) is 7.05 Å². The molecule has 0 amide bonds. The van der Waals surface area contributed by atoms with Crippen molar-refractivity contribution in [3.05, 3.63) is 53.3 Å². The number of rotatable bonds is 4. The Bertz CT molecular complexity index is 473. The number of hydrogen-bond acceptors (Lipinski definition) is 2. The standard InChI is InChI=1S/C14H18N2O/c1-11-3-5-12(6-4-11)7-14(17)8-13-9-15-16(2)10-13/h3-6,9-10,14,17H,7-8H2,1-2H3. The molecule has 1 heterocycles. The molecule has 1 aromatic carbocycles. The molecule has 0 saturated carbocycles. The van der Waals surface area contributed by atoms with Gasteiger partial charge in [-0.2, -0.15) is 5.10 Å². The van der Waals surface area contributed by atoms with Crippen LogP contribution in [0.1, 0.15) is 16.7 Å². The molecule has 3 heteroatoms. The lowest BCUT2D eigenvalue weighted by atomic mass is 10.0. The van der Waals surface area contributed by atoms with Crippen LogP contribution >= 0.6 is 0 Å². The third kappa shape index (κ3) is 3.43. The molecule has 0 bridgehead atoms. The van der Waals surface area contributed by atoms with Crippen molar-refractivity contribution in [1.29, 1.82) is 0 Å². The Morgan fingerprint density at radius 1 is 1.18 bits per heavy atom. The summed E-state index contributed by atoms with van der Waals surface area (Å²) >= 11 is 0. The van der Waals surface area contributed by atoms with Crippen molar-refractivity contribution in [3.63, 3.8) is 0 Å². The Morgan fingerprint density at radius 3 is 2.41 bits per heavy atom. The van der Waals surface area contributed by atoms with Gasteiger partial charge in [0.15, 0.2) is 0 Å². The fraction of sp³-hybridized carbons (Fsp3) is 0.357. The molecule has 1 N–H and O–H groups in total. The number of aliphatic hydroxyl groups excluding tert-OH is 1. The Morgan fingerprint density at radius 2 is 1.82 bits per heavy atom. The summed E-state index contributed by atoms with van der Waals surface area (Å²) in [6, 6.07) is 8.29. The van der Waals surface area contributed by atoms with Crippen molar-refractivity contribution in [1.82, 2.24) is 9.78 Å². The van der Waals surface area contributed by atoms with Gasteiger partial charge in [-0.05, 0) is 24.5 Å². The predicted molar refractivity (Wildman–Crippen MR) is 67.8 cm³/mol.